The van der Waals surface area contributed by atoms with Crippen LogP contribution < -0.4 is 5.32 Å². The van der Waals surface area contributed by atoms with Crippen LogP contribution in [0.5, 0.6) is 0 Å². The molecule has 20 heavy (non-hydrogen) atoms. The molecule has 102 valence electrons. The molecule has 0 aliphatic carbocycles. The van der Waals surface area contributed by atoms with Gasteiger partial charge in [0.2, 0.25) is 0 Å². The quantitative estimate of drug-likeness (QED) is 0.531. The molecule has 2 aromatic rings. The van der Waals surface area contributed by atoms with Crippen LogP contribution in [0.4, 0.5) is 11.4 Å². The minimum absolute atomic E-state index is 0.0703. The first-order valence-electron chi connectivity index (χ1n) is 5.66. The number of amides is 1. The lowest BCUT2D eigenvalue weighted by atomic mass is 10.2. The summed E-state index contributed by atoms with van der Waals surface area (Å²) in [7, 11) is 0. The number of pyridine rings is 1. The fourth-order valence-corrected chi connectivity index (χ4v) is 2.17. The Bertz CT molecular complexity index is 661. The molecule has 1 amide bonds. The van der Waals surface area contributed by atoms with Crippen LogP contribution in [-0.4, -0.2) is 22.1 Å². The monoisotopic (exact) mass is 289 g/mol. The third kappa shape index (κ3) is 3.12. The van der Waals surface area contributed by atoms with Crippen molar-refractivity contribution in [3.05, 3.63) is 58.3 Å². The number of anilines is 1. The van der Waals surface area contributed by atoms with Crippen molar-refractivity contribution in [1.29, 1.82) is 0 Å². The molecule has 0 spiro atoms. The van der Waals surface area contributed by atoms with E-state index in [4.69, 9.17) is 0 Å². The largest absolute Gasteiger partial charge is 0.322 e. The first-order chi connectivity index (χ1) is 9.61. The molecule has 0 aliphatic heterocycles. The van der Waals surface area contributed by atoms with Crippen molar-refractivity contribution < 1.29 is 9.72 Å². The third-order valence-electron chi connectivity index (χ3n) is 2.52. The molecular formula is C13H11N3O3S. The van der Waals surface area contributed by atoms with Gasteiger partial charge < -0.3 is 5.32 Å². The average molecular weight is 289 g/mol. The van der Waals surface area contributed by atoms with Crippen LogP contribution in [0.15, 0.2) is 47.6 Å². The molecule has 1 aromatic carbocycles. The minimum Gasteiger partial charge on any atom is -0.322 e. The molecule has 0 atom stereocenters. The fraction of sp³-hybridized carbons (Fsp3) is 0.0769. The summed E-state index contributed by atoms with van der Waals surface area (Å²) < 4.78 is 0. The molecular weight excluding hydrogens is 278 g/mol. The number of nitrogens with one attached hydrogen (secondary N) is 1. The van der Waals surface area contributed by atoms with E-state index in [-0.39, 0.29) is 11.6 Å². The fourth-order valence-electron chi connectivity index (χ4n) is 1.62. The van der Waals surface area contributed by atoms with Crippen molar-refractivity contribution in [2.75, 3.05) is 11.6 Å². The molecule has 0 aliphatic rings. The van der Waals surface area contributed by atoms with E-state index in [1.165, 1.54) is 30.0 Å². The van der Waals surface area contributed by atoms with Gasteiger partial charge in [0.15, 0.2) is 0 Å². The zero-order chi connectivity index (χ0) is 14.5. The molecule has 0 saturated heterocycles. The van der Waals surface area contributed by atoms with Crippen molar-refractivity contribution >= 4 is 29.0 Å². The summed E-state index contributed by atoms with van der Waals surface area (Å²) in [4.78, 5) is 26.4. The summed E-state index contributed by atoms with van der Waals surface area (Å²) in [5.41, 5.74) is 0.741. The van der Waals surface area contributed by atoms with Crippen molar-refractivity contribution in [3.8, 4) is 0 Å². The summed E-state index contributed by atoms with van der Waals surface area (Å²) in [6.07, 6.45) is 3.43. The van der Waals surface area contributed by atoms with E-state index in [2.05, 4.69) is 10.3 Å². The highest BCUT2D eigenvalue weighted by Gasteiger charge is 2.13. The normalized spacial score (nSPS) is 10.1. The molecule has 0 radical (unpaired) electrons. The van der Waals surface area contributed by atoms with Crippen LogP contribution in [-0.2, 0) is 0 Å². The third-order valence-corrected chi connectivity index (χ3v) is 3.24. The molecule has 0 bridgehead atoms. The Hall–Kier alpha value is -2.41. The van der Waals surface area contributed by atoms with E-state index in [9.17, 15) is 14.9 Å². The van der Waals surface area contributed by atoms with Gasteiger partial charge in [-0.2, -0.15) is 0 Å². The second-order valence-electron chi connectivity index (χ2n) is 3.82. The SMILES string of the molecule is CSc1ncccc1C(=O)Nc1cccc([N+](=O)[O-])c1. The number of carbonyl (C=O) groups excluding carboxylic acids is 1. The summed E-state index contributed by atoms with van der Waals surface area (Å²) in [5.74, 6) is -0.344. The van der Waals surface area contributed by atoms with Crippen LogP contribution in [0, 0.1) is 10.1 Å². The lowest BCUT2D eigenvalue weighted by molar-refractivity contribution is -0.384. The molecule has 0 saturated carbocycles. The Morgan fingerprint density at radius 1 is 1.35 bits per heavy atom. The van der Waals surface area contributed by atoms with Crippen LogP contribution in [0.25, 0.3) is 0 Å². The Kier molecular flexibility index (Phi) is 4.31. The second-order valence-corrected chi connectivity index (χ2v) is 4.62. The molecule has 0 fully saturated rings. The number of thioether (sulfide) groups is 1. The number of hydrogen-bond acceptors (Lipinski definition) is 5. The summed E-state index contributed by atoms with van der Waals surface area (Å²) in [5, 5.41) is 13.9. The van der Waals surface area contributed by atoms with Gasteiger partial charge >= 0.3 is 0 Å². The lowest BCUT2D eigenvalue weighted by Crippen LogP contribution is -2.13. The van der Waals surface area contributed by atoms with Gasteiger partial charge in [-0.1, -0.05) is 6.07 Å². The van der Waals surface area contributed by atoms with E-state index >= 15 is 0 Å². The van der Waals surface area contributed by atoms with E-state index in [1.54, 1.807) is 24.4 Å². The maximum Gasteiger partial charge on any atom is 0.271 e. The van der Waals surface area contributed by atoms with E-state index in [1.807, 2.05) is 6.26 Å². The second kappa shape index (κ2) is 6.16. The molecule has 1 aromatic heterocycles. The highest BCUT2D eigenvalue weighted by atomic mass is 32.2. The van der Waals surface area contributed by atoms with Gasteiger partial charge in [-0.3, -0.25) is 14.9 Å². The van der Waals surface area contributed by atoms with Crippen molar-refractivity contribution in [1.82, 2.24) is 4.98 Å². The topological polar surface area (TPSA) is 85.1 Å². The zero-order valence-electron chi connectivity index (χ0n) is 10.6. The first kappa shape index (κ1) is 14.0. The molecule has 1 heterocycles. The van der Waals surface area contributed by atoms with Gasteiger partial charge in [0.05, 0.1) is 10.5 Å². The summed E-state index contributed by atoms with van der Waals surface area (Å²) in [6.45, 7) is 0. The number of rotatable bonds is 4. The number of carbonyl (C=O) groups is 1. The number of nitro benzene ring substituents is 1. The van der Waals surface area contributed by atoms with E-state index < -0.39 is 4.92 Å². The minimum atomic E-state index is -0.507. The molecule has 6 nitrogen and oxygen atoms in total. The van der Waals surface area contributed by atoms with Crippen LogP contribution >= 0.6 is 11.8 Å². The number of nitro groups is 1. The zero-order valence-corrected chi connectivity index (χ0v) is 11.4. The average Bonchev–Trinajstić information content (AvgIpc) is 2.47. The lowest BCUT2D eigenvalue weighted by Gasteiger charge is -2.07. The highest BCUT2D eigenvalue weighted by molar-refractivity contribution is 7.98. The predicted octanol–water partition coefficient (Wildman–Crippen LogP) is 2.96. The maximum absolute atomic E-state index is 12.1. The van der Waals surface area contributed by atoms with Crippen LogP contribution in [0.2, 0.25) is 0 Å². The Balaban J connectivity index is 2.23. The maximum atomic E-state index is 12.1. The standard InChI is InChI=1S/C13H11N3O3S/c1-20-13-11(6-3-7-14-13)12(17)15-9-4-2-5-10(8-9)16(18)19/h2-8H,1H3,(H,15,17). The van der Waals surface area contributed by atoms with E-state index in [0.717, 1.165) is 0 Å². The highest BCUT2D eigenvalue weighted by Crippen LogP contribution is 2.20. The number of nitrogens with zero attached hydrogens (tertiary/aromatic N) is 2. The van der Waals surface area contributed by atoms with Crippen molar-refractivity contribution in [3.63, 3.8) is 0 Å². The van der Waals surface area contributed by atoms with Crippen LogP contribution in [0.3, 0.4) is 0 Å². The summed E-state index contributed by atoms with van der Waals surface area (Å²) >= 11 is 1.36. The van der Waals surface area contributed by atoms with Crippen molar-refractivity contribution in [2.24, 2.45) is 0 Å². The molecule has 7 heteroatoms. The van der Waals surface area contributed by atoms with Crippen LogP contribution in [0.1, 0.15) is 10.4 Å². The van der Waals surface area contributed by atoms with Gasteiger partial charge in [0.1, 0.15) is 5.03 Å². The number of benzene rings is 1. The molecule has 1 N–H and O–H groups in total. The van der Waals surface area contributed by atoms with Gasteiger partial charge in [-0.05, 0) is 24.5 Å². The van der Waals surface area contributed by atoms with Gasteiger partial charge in [0.25, 0.3) is 11.6 Å². The Morgan fingerprint density at radius 2 is 2.15 bits per heavy atom. The van der Waals surface area contributed by atoms with Gasteiger partial charge in [0, 0.05) is 24.0 Å². The Labute approximate surface area is 119 Å². The predicted molar refractivity (Wildman–Crippen MR) is 77.1 cm³/mol. The number of aromatic nitrogens is 1. The number of hydrogen-bond donors (Lipinski definition) is 1. The smallest absolute Gasteiger partial charge is 0.271 e. The van der Waals surface area contributed by atoms with Crippen molar-refractivity contribution in [2.45, 2.75) is 5.03 Å². The Morgan fingerprint density at radius 3 is 2.85 bits per heavy atom. The summed E-state index contributed by atoms with van der Waals surface area (Å²) in [6, 6.07) is 9.13. The molecule has 0 unspecified atom stereocenters. The molecule has 2 rings (SSSR count). The number of non-ortho nitro benzene ring substituents is 1. The first-order valence-corrected chi connectivity index (χ1v) is 6.89. The van der Waals surface area contributed by atoms with Gasteiger partial charge in [-0.15, -0.1) is 11.8 Å². The van der Waals surface area contributed by atoms with E-state index in [0.29, 0.717) is 16.3 Å². The van der Waals surface area contributed by atoms with Gasteiger partial charge in [-0.25, -0.2) is 4.98 Å².